The summed E-state index contributed by atoms with van der Waals surface area (Å²) in [5.41, 5.74) is 3.01. The number of aryl methyl sites for hydroxylation is 2. The largest absolute Gasteiger partial charge is 0.508 e. The molecule has 0 saturated heterocycles. The highest BCUT2D eigenvalue weighted by molar-refractivity contribution is 7.21. The minimum atomic E-state index is -1.12. The normalized spacial score (nSPS) is 11.2. The second-order valence-electron chi connectivity index (χ2n) is 7.51. The van der Waals surface area contributed by atoms with Crippen molar-refractivity contribution in [3.8, 4) is 22.6 Å². The predicted octanol–water partition coefficient (Wildman–Crippen LogP) is 6.24. The molecule has 0 saturated carbocycles. The quantitative estimate of drug-likeness (QED) is 0.201. The van der Waals surface area contributed by atoms with E-state index >= 15 is 0 Å². The highest BCUT2D eigenvalue weighted by atomic mass is 32.1. The molecule has 0 aliphatic carbocycles. The van der Waals surface area contributed by atoms with Crippen LogP contribution in [0.2, 0.25) is 0 Å². The zero-order valence-electron chi connectivity index (χ0n) is 17.8. The van der Waals surface area contributed by atoms with Crippen LogP contribution < -0.4 is 4.74 Å². The molecule has 0 bridgehead atoms. The van der Waals surface area contributed by atoms with Crippen LogP contribution in [-0.2, 0) is 4.79 Å². The monoisotopic (exact) mass is 462 g/mol. The number of aliphatic carboxylic acids is 1. The molecule has 0 aliphatic rings. The second kappa shape index (κ2) is 8.88. The molecule has 0 atom stereocenters. The average molecular weight is 462 g/mol. The molecule has 0 amide bonds. The number of thiophene rings is 1. The van der Waals surface area contributed by atoms with Crippen molar-refractivity contribution in [2.75, 3.05) is 0 Å². The number of carbonyl (C=O) groups excluding carboxylic acids is 1. The number of rotatable bonds is 6. The van der Waals surface area contributed by atoms with Crippen molar-refractivity contribution in [3.05, 3.63) is 94.3 Å². The van der Waals surface area contributed by atoms with E-state index in [1.165, 1.54) is 23.5 Å². The molecule has 1 aromatic heterocycles. The fourth-order valence-electron chi connectivity index (χ4n) is 3.79. The number of benzene rings is 3. The van der Waals surface area contributed by atoms with Gasteiger partial charge in [-0.05, 0) is 73.0 Å². The van der Waals surface area contributed by atoms with Crippen LogP contribution >= 0.6 is 11.3 Å². The maximum atomic E-state index is 13.8. The molecule has 166 valence electrons. The standard InChI is InChI=1S/C26H19FO5S/c1-14-11-17(27)12-15(2)23(14)25(31)26-24(20-8-5-18(28)13-21(20)33-26)16-3-6-19(7-4-16)32-10-9-22(29)30/h3-13,28H,1-2H3,(H,29,30)/b10-9+. The summed E-state index contributed by atoms with van der Waals surface area (Å²) in [5.74, 6) is -1.20. The number of phenolic OH excluding ortho intramolecular Hbond substituents is 1. The third-order valence-corrected chi connectivity index (χ3v) is 6.31. The molecule has 0 spiro atoms. The highest BCUT2D eigenvalue weighted by Crippen LogP contribution is 2.42. The van der Waals surface area contributed by atoms with Gasteiger partial charge in [-0.25, -0.2) is 9.18 Å². The van der Waals surface area contributed by atoms with E-state index in [2.05, 4.69) is 0 Å². The van der Waals surface area contributed by atoms with Gasteiger partial charge in [-0.1, -0.05) is 12.1 Å². The minimum Gasteiger partial charge on any atom is -0.508 e. The number of carboxylic acids is 1. The Hall–Kier alpha value is -3.97. The number of hydrogen-bond acceptors (Lipinski definition) is 5. The molecule has 1 heterocycles. The average Bonchev–Trinajstić information content (AvgIpc) is 3.11. The molecule has 0 fully saturated rings. The van der Waals surface area contributed by atoms with E-state index < -0.39 is 11.8 Å². The third kappa shape index (κ3) is 4.49. The molecule has 4 aromatic rings. The van der Waals surface area contributed by atoms with Crippen LogP contribution in [0.4, 0.5) is 4.39 Å². The Morgan fingerprint density at radius 1 is 1.00 bits per heavy atom. The minimum absolute atomic E-state index is 0.0948. The van der Waals surface area contributed by atoms with Gasteiger partial charge in [-0.3, -0.25) is 4.79 Å². The molecular weight excluding hydrogens is 443 g/mol. The van der Waals surface area contributed by atoms with E-state index in [1.807, 2.05) is 0 Å². The predicted molar refractivity (Wildman–Crippen MR) is 126 cm³/mol. The van der Waals surface area contributed by atoms with Gasteiger partial charge in [0.15, 0.2) is 0 Å². The van der Waals surface area contributed by atoms with Gasteiger partial charge in [-0.2, -0.15) is 0 Å². The van der Waals surface area contributed by atoms with Crippen LogP contribution in [0.5, 0.6) is 11.5 Å². The smallest absolute Gasteiger partial charge is 0.331 e. The first-order chi connectivity index (χ1) is 15.7. The Labute approximate surface area is 193 Å². The van der Waals surface area contributed by atoms with E-state index in [0.717, 1.165) is 28.0 Å². The van der Waals surface area contributed by atoms with Crippen molar-refractivity contribution in [2.24, 2.45) is 0 Å². The summed E-state index contributed by atoms with van der Waals surface area (Å²) in [4.78, 5) is 24.7. The molecule has 33 heavy (non-hydrogen) atoms. The maximum Gasteiger partial charge on any atom is 0.331 e. The molecule has 2 N–H and O–H groups in total. The van der Waals surface area contributed by atoms with Gasteiger partial charge in [0.25, 0.3) is 0 Å². The van der Waals surface area contributed by atoms with Crippen LogP contribution in [0.15, 0.2) is 66.9 Å². The van der Waals surface area contributed by atoms with Gasteiger partial charge in [0.1, 0.15) is 17.3 Å². The third-order valence-electron chi connectivity index (χ3n) is 5.16. The number of halogens is 1. The van der Waals surface area contributed by atoms with Gasteiger partial charge in [0, 0.05) is 21.2 Å². The second-order valence-corrected chi connectivity index (χ2v) is 8.57. The molecule has 0 radical (unpaired) electrons. The van der Waals surface area contributed by atoms with E-state index in [9.17, 15) is 19.1 Å². The van der Waals surface area contributed by atoms with Crippen LogP contribution in [0.3, 0.4) is 0 Å². The number of ketones is 1. The number of hydrogen-bond donors (Lipinski definition) is 2. The Morgan fingerprint density at radius 2 is 1.67 bits per heavy atom. The zero-order chi connectivity index (χ0) is 23.7. The molecule has 0 unspecified atom stereocenters. The van der Waals surface area contributed by atoms with Crippen LogP contribution in [0.25, 0.3) is 21.2 Å². The van der Waals surface area contributed by atoms with Crippen LogP contribution in [0, 0.1) is 19.7 Å². The van der Waals surface area contributed by atoms with Gasteiger partial charge in [-0.15, -0.1) is 11.3 Å². The number of aromatic hydroxyl groups is 1. The van der Waals surface area contributed by atoms with E-state index in [0.29, 0.717) is 32.9 Å². The summed E-state index contributed by atoms with van der Waals surface area (Å²) in [5, 5.41) is 19.4. The first-order valence-corrected chi connectivity index (χ1v) is 10.8. The highest BCUT2D eigenvalue weighted by Gasteiger charge is 2.24. The molecule has 3 aromatic carbocycles. The van der Waals surface area contributed by atoms with Gasteiger partial charge >= 0.3 is 5.97 Å². The van der Waals surface area contributed by atoms with Crippen molar-refractivity contribution in [2.45, 2.75) is 13.8 Å². The summed E-state index contributed by atoms with van der Waals surface area (Å²) in [6.45, 7) is 3.41. The van der Waals surface area contributed by atoms with Crippen molar-refractivity contribution in [1.29, 1.82) is 0 Å². The Morgan fingerprint density at radius 3 is 2.30 bits per heavy atom. The first-order valence-electron chi connectivity index (χ1n) is 9.98. The van der Waals surface area contributed by atoms with Crippen LogP contribution in [-0.4, -0.2) is 22.0 Å². The number of carbonyl (C=O) groups is 2. The lowest BCUT2D eigenvalue weighted by atomic mass is 9.94. The lowest BCUT2D eigenvalue weighted by Crippen LogP contribution is -2.06. The molecule has 4 rings (SSSR count). The van der Waals surface area contributed by atoms with Crippen molar-refractivity contribution >= 4 is 33.2 Å². The van der Waals surface area contributed by atoms with E-state index in [4.69, 9.17) is 9.84 Å². The van der Waals surface area contributed by atoms with E-state index in [-0.39, 0.29) is 11.5 Å². The first kappa shape index (κ1) is 22.2. The Kier molecular flexibility index (Phi) is 5.98. The SMILES string of the molecule is Cc1cc(F)cc(C)c1C(=O)c1sc2cc(O)ccc2c1-c1ccc(O/C=C/C(=O)O)cc1. The van der Waals surface area contributed by atoms with Crippen molar-refractivity contribution in [3.63, 3.8) is 0 Å². The molecular formula is C26H19FO5S. The molecule has 5 nitrogen and oxygen atoms in total. The zero-order valence-corrected chi connectivity index (χ0v) is 18.6. The van der Waals surface area contributed by atoms with E-state index in [1.54, 1.807) is 56.3 Å². The van der Waals surface area contributed by atoms with Gasteiger partial charge in [0.05, 0.1) is 17.2 Å². The number of phenols is 1. The van der Waals surface area contributed by atoms with Crippen LogP contribution in [0.1, 0.15) is 26.4 Å². The lowest BCUT2D eigenvalue weighted by Gasteiger charge is -2.11. The Bertz CT molecular complexity index is 1390. The molecule has 0 aliphatic heterocycles. The fraction of sp³-hybridized carbons (Fsp3) is 0.0769. The Balaban J connectivity index is 1.84. The summed E-state index contributed by atoms with van der Waals surface area (Å²) < 4.78 is 19.8. The summed E-state index contributed by atoms with van der Waals surface area (Å²) in [6.07, 6.45) is 1.96. The summed E-state index contributed by atoms with van der Waals surface area (Å²) in [6, 6.07) is 14.5. The van der Waals surface area contributed by atoms with Gasteiger partial charge < -0.3 is 14.9 Å². The molecule has 7 heteroatoms. The maximum absolute atomic E-state index is 13.8. The van der Waals surface area contributed by atoms with Gasteiger partial charge in [0.2, 0.25) is 5.78 Å². The fourth-order valence-corrected chi connectivity index (χ4v) is 4.99. The van der Waals surface area contributed by atoms with Crippen molar-refractivity contribution < 1.29 is 28.9 Å². The summed E-state index contributed by atoms with van der Waals surface area (Å²) in [7, 11) is 0. The number of ether oxygens (including phenoxy) is 1. The topological polar surface area (TPSA) is 83.8 Å². The van der Waals surface area contributed by atoms with Crippen molar-refractivity contribution in [1.82, 2.24) is 0 Å². The lowest BCUT2D eigenvalue weighted by molar-refractivity contribution is -0.131. The number of carboxylic acid groups (broad SMARTS) is 1. The summed E-state index contributed by atoms with van der Waals surface area (Å²) >= 11 is 1.27. The number of fused-ring (bicyclic) bond motifs is 1.